The zero-order valence-electron chi connectivity index (χ0n) is 17.3. The molecule has 0 heterocycles. The number of rotatable bonds is 8. The number of anilines is 1. The smallest absolute Gasteiger partial charge is 0.264 e. The number of benzene rings is 3. The first-order chi connectivity index (χ1) is 15.7. The Morgan fingerprint density at radius 2 is 1.85 bits per heavy atom. The van der Waals surface area contributed by atoms with Crippen LogP contribution in [0, 0.1) is 0 Å². The van der Waals surface area contributed by atoms with E-state index in [1.165, 1.54) is 43.7 Å². The Balaban J connectivity index is 1.87. The van der Waals surface area contributed by atoms with E-state index >= 15 is 0 Å². The number of aromatic hydroxyl groups is 1. The number of ether oxygens (including phenoxy) is 1. The molecule has 0 aliphatic rings. The van der Waals surface area contributed by atoms with Crippen LogP contribution in [-0.2, 0) is 14.8 Å². The molecule has 0 spiro atoms. The lowest BCUT2D eigenvalue weighted by molar-refractivity contribution is -0.119. The second-order valence-electron chi connectivity index (χ2n) is 6.61. The number of phenols is 1. The number of phenolic OH excluding ortho intramolecular Hbond substituents is 1. The van der Waals surface area contributed by atoms with Crippen LogP contribution in [0.2, 0.25) is 10.0 Å². The van der Waals surface area contributed by atoms with Gasteiger partial charge in [0.05, 0.1) is 28.9 Å². The van der Waals surface area contributed by atoms with Crippen molar-refractivity contribution in [2.75, 3.05) is 18.0 Å². The third kappa shape index (κ3) is 5.75. The molecule has 0 saturated carbocycles. The first kappa shape index (κ1) is 24.4. The molecule has 11 heteroatoms. The third-order valence-corrected chi connectivity index (χ3v) is 6.75. The van der Waals surface area contributed by atoms with Crippen molar-refractivity contribution in [2.45, 2.75) is 4.90 Å². The summed E-state index contributed by atoms with van der Waals surface area (Å²) in [6.45, 7) is -0.611. The van der Waals surface area contributed by atoms with Gasteiger partial charge in [0.1, 0.15) is 6.54 Å². The summed E-state index contributed by atoms with van der Waals surface area (Å²) in [5.74, 6) is -0.652. The molecule has 3 aromatic carbocycles. The Hall–Kier alpha value is -3.27. The number of sulfonamides is 1. The minimum Gasteiger partial charge on any atom is -0.504 e. The Kier molecular flexibility index (Phi) is 7.80. The van der Waals surface area contributed by atoms with Crippen molar-refractivity contribution in [3.63, 3.8) is 0 Å². The normalized spacial score (nSPS) is 11.4. The predicted molar refractivity (Wildman–Crippen MR) is 128 cm³/mol. The van der Waals surface area contributed by atoms with Gasteiger partial charge in [0.25, 0.3) is 15.9 Å². The number of amides is 1. The highest BCUT2D eigenvalue weighted by atomic mass is 35.5. The highest BCUT2D eigenvalue weighted by molar-refractivity contribution is 7.92. The van der Waals surface area contributed by atoms with E-state index in [4.69, 9.17) is 27.9 Å². The lowest BCUT2D eigenvalue weighted by atomic mass is 10.2. The monoisotopic (exact) mass is 507 g/mol. The van der Waals surface area contributed by atoms with Gasteiger partial charge in [0.15, 0.2) is 11.5 Å². The van der Waals surface area contributed by atoms with E-state index in [9.17, 15) is 18.3 Å². The zero-order valence-corrected chi connectivity index (χ0v) is 19.6. The maximum absolute atomic E-state index is 13.3. The number of hydrazone groups is 1. The first-order valence-corrected chi connectivity index (χ1v) is 11.6. The van der Waals surface area contributed by atoms with Gasteiger partial charge in [-0.25, -0.2) is 13.8 Å². The molecule has 0 aromatic heterocycles. The van der Waals surface area contributed by atoms with Gasteiger partial charge in [-0.15, -0.1) is 0 Å². The number of methoxy groups -OCH3 is 1. The highest BCUT2D eigenvalue weighted by Crippen LogP contribution is 2.32. The summed E-state index contributed by atoms with van der Waals surface area (Å²) in [5, 5.41) is 14.3. The van der Waals surface area contributed by atoms with Gasteiger partial charge in [-0.3, -0.25) is 9.10 Å². The fourth-order valence-electron chi connectivity index (χ4n) is 2.85. The molecule has 0 aliphatic heterocycles. The molecule has 8 nitrogen and oxygen atoms in total. The number of carbonyl (C=O) groups is 1. The van der Waals surface area contributed by atoms with Crippen LogP contribution in [0.4, 0.5) is 5.69 Å². The quantitative estimate of drug-likeness (QED) is 0.353. The Morgan fingerprint density at radius 3 is 2.52 bits per heavy atom. The van der Waals surface area contributed by atoms with Crippen LogP contribution in [0.5, 0.6) is 11.5 Å². The number of nitrogens with zero attached hydrogens (tertiary/aromatic N) is 2. The second kappa shape index (κ2) is 10.6. The van der Waals surface area contributed by atoms with Crippen molar-refractivity contribution >= 4 is 51.0 Å². The van der Waals surface area contributed by atoms with Crippen LogP contribution in [0.3, 0.4) is 0 Å². The summed E-state index contributed by atoms with van der Waals surface area (Å²) in [5.41, 5.74) is 2.63. The molecule has 0 aliphatic carbocycles. The average molecular weight is 508 g/mol. The molecule has 3 aromatic rings. The molecule has 0 atom stereocenters. The van der Waals surface area contributed by atoms with Crippen LogP contribution >= 0.6 is 23.2 Å². The van der Waals surface area contributed by atoms with Gasteiger partial charge in [-0.05, 0) is 42.5 Å². The van der Waals surface area contributed by atoms with E-state index in [0.717, 1.165) is 4.31 Å². The molecular formula is C22H19Cl2N3O5S. The van der Waals surface area contributed by atoms with E-state index in [-0.39, 0.29) is 27.1 Å². The van der Waals surface area contributed by atoms with Crippen molar-refractivity contribution in [1.82, 2.24) is 5.43 Å². The molecule has 172 valence electrons. The van der Waals surface area contributed by atoms with Crippen molar-refractivity contribution < 1.29 is 23.1 Å². The first-order valence-electron chi connectivity index (χ1n) is 9.44. The maximum Gasteiger partial charge on any atom is 0.264 e. The van der Waals surface area contributed by atoms with Crippen LogP contribution in [0.1, 0.15) is 5.56 Å². The summed E-state index contributed by atoms with van der Waals surface area (Å²) in [7, 11) is -2.74. The summed E-state index contributed by atoms with van der Waals surface area (Å²) in [6.07, 6.45) is 1.21. The topological polar surface area (TPSA) is 108 Å². The van der Waals surface area contributed by atoms with Gasteiger partial charge in [0, 0.05) is 10.6 Å². The van der Waals surface area contributed by atoms with Crippen LogP contribution < -0.4 is 14.5 Å². The molecule has 2 N–H and O–H groups in total. The maximum atomic E-state index is 13.3. The Morgan fingerprint density at radius 1 is 1.12 bits per heavy atom. The standard InChI is InChI=1S/C22H19Cl2N3O5S/c1-32-20-9-5-6-15(22(20)29)13-25-26-21(28)14-27(19-11-10-16(23)12-18(19)24)33(30,31)17-7-3-2-4-8-17/h2-13,29H,14H2,1H3,(H,26,28)/b25-13-. The lowest BCUT2D eigenvalue weighted by Gasteiger charge is -2.24. The predicted octanol–water partition coefficient (Wildman–Crippen LogP) is 4.05. The van der Waals surface area contributed by atoms with Gasteiger partial charge in [-0.1, -0.05) is 47.5 Å². The lowest BCUT2D eigenvalue weighted by Crippen LogP contribution is -2.39. The van der Waals surface area contributed by atoms with E-state index in [1.807, 2.05) is 0 Å². The Bertz CT molecular complexity index is 1280. The molecule has 1 amide bonds. The third-order valence-electron chi connectivity index (χ3n) is 4.44. The van der Waals surface area contributed by atoms with Gasteiger partial charge in [0.2, 0.25) is 0 Å². The van der Waals surface area contributed by atoms with Gasteiger partial charge in [-0.2, -0.15) is 5.10 Å². The number of carbonyl (C=O) groups excluding carboxylic acids is 1. The average Bonchev–Trinajstić information content (AvgIpc) is 2.79. The SMILES string of the molecule is COc1cccc(/C=N\NC(=O)CN(c2ccc(Cl)cc2Cl)S(=O)(=O)c2ccccc2)c1O. The van der Waals surface area contributed by atoms with Gasteiger partial charge >= 0.3 is 0 Å². The minimum atomic E-state index is -4.14. The molecule has 0 saturated heterocycles. The number of halogens is 2. The van der Waals surface area contributed by atoms with Crippen molar-refractivity contribution in [3.05, 3.63) is 82.3 Å². The van der Waals surface area contributed by atoms with Crippen LogP contribution in [-0.4, -0.2) is 39.3 Å². The summed E-state index contributed by atoms with van der Waals surface area (Å²) >= 11 is 12.2. The number of hydrogen-bond acceptors (Lipinski definition) is 6. The molecule has 0 bridgehead atoms. The minimum absolute atomic E-state index is 0.0198. The van der Waals surface area contributed by atoms with Crippen molar-refractivity contribution in [1.29, 1.82) is 0 Å². The number of nitrogens with one attached hydrogen (secondary N) is 1. The highest BCUT2D eigenvalue weighted by Gasteiger charge is 2.28. The fraction of sp³-hybridized carbons (Fsp3) is 0.0909. The van der Waals surface area contributed by atoms with E-state index in [1.54, 1.807) is 36.4 Å². The second-order valence-corrected chi connectivity index (χ2v) is 9.32. The van der Waals surface area contributed by atoms with Crippen LogP contribution in [0.15, 0.2) is 76.7 Å². The number of hydrogen-bond donors (Lipinski definition) is 2. The molecule has 33 heavy (non-hydrogen) atoms. The summed E-state index contributed by atoms with van der Waals surface area (Å²) < 4.78 is 32.5. The van der Waals surface area contributed by atoms with E-state index in [2.05, 4.69) is 10.5 Å². The van der Waals surface area contributed by atoms with E-state index < -0.39 is 22.5 Å². The van der Waals surface area contributed by atoms with Crippen molar-refractivity contribution in [2.24, 2.45) is 5.10 Å². The molecule has 3 rings (SSSR count). The summed E-state index contributed by atoms with van der Waals surface area (Å²) in [6, 6.07) is 16.7. The molecule has 0 radical (unpaired) electrons. The molecular weight excluding hydrogens is 489 g/mol. The van der Waals surface area contributed by atoms with Crippen molar-refractivity contribution in [3.8, 4) is 11.5 Å². The molecule has 0 fully saturated rings. The largest absolute Gasteiger partial charge is 0.504 e. The fourth-order valence-corrected chi connectivity index (χ4v) is 4.87. The zero-order chi connectivity index (χ0) is 24.0. The molecule has 0 unspecified atom stereocenters. The Labute approximate surface area is 201 Å². The van der Waals surface area contributed by atoms with E-state index in [0.29, 0.717) is 10.6 Å². The summed E-state index contributed by atoms with van der Waals surface area (Å²) in [4.78, 5) is 12.6. The van der Waals surface area contributed by atoms with Crippen LogP contribution in [0.25, 0.3) is 0 Å². The number of para-hydroxylation sites is 1. The van der Waals surface area contributed by atoms with Gasteiger partial charge < -0.3 is 9.84 Å².